The quantitative estimate of drug-likeness (QED) is 0.743. The van der Waals surface area contributed by atoms with Crippen molar-refractivity contribution in [1.82, 2.24) is 4.98 Å². The number of rotatable bonds is 1. The van der Waals surface area contributed by atoms with Gasteiger partial charge in [0.25, 0.3) is 0 Å². The van der Waals surface area contributed by atoms with E-state index in [4.69, 9.17) is 5.73 Å². The lowest BCUT2D eigenvalue weighted by atomic mass is 10.0. The first kappa shape index (κ1) is 9.00. The molecule has 2 rings (SSSR count). The van der Waals surface area contributed by atoms with E-state index in [1.807, 2.05) is 18.2 Å². The SMILES string of the molecule is CC(C)c1ccc2nc(N)ccc2c1. The van der Waals surface area contributed by atoms with Crippen LogP contribution >= 0.6 is 0 Å². The summed E-state index contributed by atoms with van der Waals surface area (Å²) in [6.07, 6.45) is 0. The number of nitrogens with zero attached hydrogens (tertiary/aromatic N) is 1. The molecule has 0 spiro atoms. The first-order chi connectivity index (χ1) is 6.66. The topological polar surface area (TPSA) is 38.9 Å². The number of hydrogen-bond acceptors (Lipinski definition) is 2. The van der Waals surface area contributed by atoms with Gasteiger partial charge in [-0.15, -0.1) is 0 Å². The van der Waals surface area contributed by atoms with Gasteiger partial charge in [-0.25, -0.2) is 4.98 Å². The molecule has 2 nitrogen and oxygen atoms in total. The number of anilines is 1. The van der Waals surface area contributed by atoms with Crippen LogP contribution in [0, 0.1) is 0 Å². The number of nitrogen functional groups attached to an aromatic ring is 1. The highest BCUT2D eigenvalue weighted by Gasteiger charge is 2.01. The van der Waals surface area contributed by atoms with Gasteiger partial charge in [0.15, 0.2) is 0 Å². The van der Waals surface area contributed by atoms with Gasteiger partial charge in [0.2, 0.25) is 0 Å². The average Bonchev–Trinajstić information content (AvgIpc) is 2.16. The summed E-state index contributed by atoms with van der Waals surface area (Å²) in [6.45, 7) is 4.37. The highest BCUT2D eigenvalue weighted by atomic mass is 14.8. The summed E-state index contributed by atoms with van der Waals surface area (Å²) >= 11 is 0. The van der Waals surface area contributed by atoms with Gasteiger partial charge >= 0.3 is 0 Å². The second-order valence-electron chi connectivity index (χ2n) is 3.84. The van der Waals surface area contributed by atoms with Gasteiger partial charge in [-0.3, -0.25) is 0 Å². The largest absolute Gasteiger partial charge is 0.384 e. The predicted molar refractivity (Wildman–Crippen MR) is 60.2 cm³/mol. The Balaban J connectivity index is 2.62. The molecular formula is C12H14N2. The maximum Gasteiger partial charge on any atom is 0.124 e. The number of nitrogens with two attached hydrogens (primary N) is 1. The Morgan fingerprint density at radius 2 is 1.93 bits per heavy atom. The minimum Gasteiger partial charge on any atom is -0.384 e. The molecule has 2 N–H and O–H groups in total. The number of hydrogen-bond donors (Lipinski definition) is 1. The zero-order chi connectivity index (χ0) is 10.1. The van der Waals surface area contributed by atoms with Crippen LogP contribution in [0.2, 0.25) is 0 Å². The van der Waals surface area contributed by atoms with Crippen molar-refractivity contribution in [3.63, 3.8) is 0 Å². The fraction of sp³-hybridized carbons (Fsp3) is 0.250. The fourth-order valence-electron chi connectivity index (χ4n) is 1.52. The Labute approximate surface area is 83.8 Å². The van der Waals surface area contributed by atoms with Crippen molar-refractivity contribution >= 4 is 16.7 Å². The van der Waals surface area contributed by atoms with E-state index in [1.54, 1.807) is 0 Å². The van der Waals surface area contributed by atoms with Gasteiger partial charge in [0.1, 0.15) is 5.82 Å². The summed E-state index contributed by atoms with van der Waals surface area (Å²) in [7, 11) is 0. The molecule has 0 bridgehead atoms. The van der Waals surface area contributed by atoms with E-state index in [-0.39, 0.29) is 0 Å². The van der Waals surface area contributed by atoms with E-state index in [1.165, 1.54) is 5.56 Å². The molecule has 1 aromatic carbocycles. The van der Waals surface area contributed by atoms with E-state index in [9.17, 15) is 0 Å². The van der Waals surface area contributed by atoms with Crippen LogP contribution in [0.25, 0.3) is 10.9 Å². The van der Waals surface area contributed by atoms with Crippen LogP contribution in [0.1, 0.15) is 25.3 Å². The molecule has 0 radical (unpaired) electrons. The molecular weight excluding hydrogens is 172 g/mol. The van der Waals surface area contributed by atoms with Gasteiger partial charge in [0.05, 0.1) is 5.52 Å². The van der Waals surface area contributed by atoms with Gasteiger partial charge in [0, 0.05) is 5.39 Å². The molecule has 0 amide bonds. The van der Waals surface area contributed by atoms with Crippen LogP contribution in [0.5, 0.6) is 0 Å². The first-order valence-electron chi connectivity index (χ1n) is 4.83. The second kappa shape index (κ2) is 3.29. The molecule has 0 atom stereocenters. The molecule has 14 heavy (non-hydrogen) atoms. The maximum absolute atomic E-state index is 5.61. The van der Waals surface area contributed by atoms with E-state index in [2.05, 4.69) is 31.0 Å². The molecule has 0 fully saturated rings. The summed E-state index contributed by atoms with van der Waals surface area (Å²) in [5, 5.41) is 1.16. The molecule has 2 aromatic rings. The number of aromatic nitrogens is 1. The van der Waals surface area contributed by atoms with Crippen molar-refractivity contribution in [3.8, 4) is 0 Å². The summed E-state index contributed by atoms with van der Waals surface area (Å²) in [4.78, 5) is 4.25. The zero-order valence-corrected chi connectivity index (χ0v) is 8.49. The first-order valence-corrected chi connectivity index (χ1v) is 4.83. The number of benzene rings is 1. The lowest BCUT2D eigenvalue weighted by molar-refractivity contribution is 0.868. The Kier molecular flexibility index (Phi) is 2.12. The van der Waals surface area contributed by atoms with E-state index in [0.717, 1.165) is 10.9 Å². The Morgan fingerprint density at radius 1 is 1.14 bits per heavy atom. The minimum absolute atomic E-state index is 0.553. The van der Waals surface area contributed by atoms with E-state index < -0.39 is 0 Å². The van der Waals surface area contributed by atoms with Crippen molar-refractivity contribution in [2.24, 2.45) is 0 Å². The second-order valence-corrected chi connectivity index (χ2v) is 3.84. The van der Waals surface area contributed by atoms with Crippen molar-refractivity contribution < 1.29 is 0 Å². The number of fused-ring (bicyclic) bond motifs is 1. The monoisotopic (exact) mass is 186 g/mol. The third kappa shape index (κ3) is 1.55. The van der Waals surface area contributed by atoms with Crippen LogP contribution in [0.15, 0.2) is 30.3 Å². The molecule has 0 aliphatic rings. The van der Waals surface area contributed by atoms with Gasteiger partial charge in [-0.05, 0) is 35.7 Å². The highest BCUT2D eigenvalue weighted by Crippen LogP contribution is 2.20. The Bertz CT molecular complexity index is 461. The minimum atomic E-state index is 0.553. The highest BCUT2D eigenvalue weighted by molar-refractivity contribution is 5.80. The van der Waals surface area contributed by atoms with E-state index >= 15 is 0 Å². The molecule has 1 heterocycles. The normalized spacial score (nSPS) is 11.1. The van der Waals surface area contributed by atoms with Crippen molar-refractivity contribution in [3.05, 3.63) is 35.9 Å². The van der Waals surface area contributed by atoms with Crippen LogP contribution in [-0.2, 0) is 0 Å². The molecule has 0 aliphatic carbocycles. The predicted octanol–water partition coefficient (Wildman–Crippen LogP) is 2.94. The summed E-state index contributed by atoms with van der Waals surface area (Å²) in [6, 6.07) is 10.2. The molecule has 2 heteroatoms. The molecule has 72 valence electrons. The van der Waals surface area contributed by atoms with Crippen LogP contribution in [0.4, 0.5) is 5.82 Å². The Hall–Kier alpha value is -1.57. The molecule has 0 aliphatic heterocycles. The van der Waals surface area contributed by atoms with Gasteiger partial charge in [-0.1, -0.05) is 19.9 Å². The fourth-order valence-corrected chi connectivity index (χ4v) is 1.52. The lowest BCUT2D eigenvalue weighted by Crippen LogP contribution is -1.91. The van der Waals surface area contributed by atoms with Crippen molar-refractivity contribution in [2.75, 3.05) is 5.73 Å². The number of pyridine rings is 1. The third-order valence-electron chi connectivity index (χ3n) is 2.40. The molecule has 0 unspecified atom stereocenters. The third-order valence-corrected chi connectivity index (χ3v) is 2.40. The molecule has 0 saturated heterocycles. The summed E-state index contributed by atoms with van der Waals surface area (Å²) in [5.41, 5.74) is 7.91. The van der Waals surface area contributed by atoms with E-state index in [0.29, 0.717) is 11.7 Å². The van der Waals surface area contributed by atoms with Gasteiger partial charge < -0.3 is 5.73 Å². The Morgan fingerprint density at radius 3 is 2.64 bits per heavy atom. The summed E-state index contributed by atoms with van der Waals surface area (Å²) < 4.78 is 0. The molecule has 0 saturated carbocycles. The standard InChI is InChI=1S/C12H14N2/c1-8(2)9-3-5-11-10(7-9)4-6-12(13)14-11/h3-8H,1-2H3,(H2,13,14). The maximum atomic E-state index is 5.61. The lowest BCUT2D eigenvalue weighted by Gasteiger charge is -2.06. The van der Waals surface area contributed by atoms with Gasteiger partial charge in [-0.2, -0.15) is 0 Å². The zero-order valence-electron chi connectivity index (χ0n) is 8.49. The van der Waals surface area contributed by atoms with Crippen molar-refractivity contribution in [2.45, 2.75) is 19.8 Å². The smallest absolute Gasteiger partial charge is 0.124 e. The van der Waals surface area contributed by atoms with Crippen molar-refractivity contribution in [1.29, 1.82) is 0 Å². The molecule has 1 aromatic heterocycles. The van der Waals surface area contributed by atoms with Crippen LogP contribution in [0.3, 0.4) is 0 Å². The average molecular weight is 186 g/mol. The summed E-state index contributed by atoms with van der Waals surface area (Å²) in [5.74, 6) is 1.13. The van der Waals surface area contributed by atoms with Crippen LogP contribution < -0.4 is 5.73 Å². The van der Waals surface area contributed by atoms with Crippen LogP contribution in [-0.4, -0.2) is 4.98 Å².